The molecule has 0 aliphatic rings. The van der Waals surface area contributed by atoms with Crippen LogP contribution in [0.25, 0.3) is 11.4 Å². The summed E-state index contributed by atoms with van der Waals surface area (Å²) in [7, 11) is 0. The van der Waals surface area contributed by atoms with E-state index in [-0.39, 0.29) is 11.9 Å². The quantitative estimate of drug-likeness (QED) is 0.592. The average molecular weight is 372 g/mol. The minimum atomic E-state index is -0.298. The molecule has 7 heteroatoms. The van der Waals surface area contributed by atoms with Gasteiger partial charge in [-0.05, 0) is 31.2 Å². The third kappa shape index (κ3) is 4.28. The van der Waals surface area contributed by atoms with E-state index in [1.165, 1.54) is 4.68 Å². The topological polar surface area (TPSA) is 66.2 Å². The van der Waals surface area contributed by atoms with Crippen LogP contribution in [-0.2, 0) is 4.74 Å². The number of carbonyl (C=O) groups is 1. The monoisotopic (exact) mass is 371 g/mol. The maximum atomic E-state index is 12.9. The summed E-state index contributed by atoms with van der Waals surface area (Å²) in [6, 6.07) is 16.1. The second-order valence-electron chi connectivity index (χ2n) is 5.36. The van der Waals surface area contributed by atoms with E-state index in [0.717, 1.165) is 0 Å². The van der Waals surface area contributed by atoms with Crippen LogP contribution in [0.1, 0.15) is 17.3 Å². The molecule has 0 fully saturated rings. The zero-order valence-electron chi connectivity index (χ0n) is 14.3. The van der Waals surface area contributed by atoms with Gasteiger partial charge < -0.3 is 9.47 Å². The number of nitrogens with zero attached hydrogens (tertiary/aromatic N) is 3. The van der Waals surface area contributed by atoms with Gasteiger partial charge in [-0.15, -0.1) is 5.10 Å². The normalized spacial score (nSPS) is 10.7. The van der Waals surface area contributed by atoms with Gasteiger partial charge in [0.1, 0.15) is 6.61 Å². The molecule has 0 N–H and O–H groups in total. The predicted octanol–water partition coefficient (Wildman–Crippen LogP) is 3.70. The lowest BCUT2D eigenvalue weighted by molar-refractivity contribution is 0.0938. The summed E-state index contributed by atoms with van der Waals surface area (Å²) < 4.78 is 12.0. The fourth-order valence-corrected chi connectivity index (χ4v) is 2.54. The van der Waals surface area contributed by atoms with Crippen molar-refractivity contribution in [3.05, 3.63) is 65.2 Å². The highest BCUT2D eigenvalue weighted by atomic mass is 35.5. The highest BCUT2D eigenvalue weighted by Gasteiger charge is 2.20. The fraction of sp³-hybridized carbons (Fsp3) is 0.211. The summed E-state index contributed by atoms with van der Waals surface area (Å²) in [5.74, 6) is 0.0699. The zero-order valence-corrected chi connectivity index (χ0v) is 15.0. The molecule has 0 atom stereocenters. The van der Waals surface area contributed by atoms with Crippen LogP contribution in [0.4, 0.5) is 0 Å². The molecule has 134 valence electrons. The van der Waals surface area contributed by atoms with Crippen molar-refractivity contribution in [2.24, 2.45) is 0 Å². The molecule has 0 amide bonds. The molecule has 0 aliphatic carbocycles. The summed E-state index contributed by atoms with van der Waals surface area (Å²) in [6.07, 6.45) is 0. The number of rotatable bonds is 7. The Labute approximate surface area is 156 Å². The summed E-state index contributed by atoms with van der Waals surface area (Å²) in [6.45, 7) is 3.23. The van der Waals surface area contributed by atoms with Gasteiger partial charge in [-0.3, -0.25) is 4.79 Å². The SMILES string of the molecule is CCOCCOc1nc(-c2cccc(Cl)c2)n(C(=O)c2ccccc2)n1. The van der Waals surface area contributed by atoms with Gasteiger partial charge in [-0.1, -0.05) is 41.9 Å². The first-order valence-electron chi connectivity index (χ1n) is 8.22. The summed E-state index contributed by atoms with van der Waals surface area (Å²) in [4.78, 5) is 17.2. The largest absolute Gasteiger partial charge is 0.460 e. The second-order valence-corrected chi connectivity index (χ2v) is 5.79. The van der Waals surface area contributed by atoms with E-state index in [2.05, 4.69) is 10.1 Å². The Morgan fingerprint density at radius 3 is 2.65 bits per heavy atom. The van der Waals surface area contributed by atoms with Gasteiger partial charge in [0, 0.05) is 22.8 Å². The first kappa shape index (κ1) is 18.1. The van der Waals surface area contributed by atoms with Gasteiger partial charge in [-0.2, -0.15) is 9.67 Å². The highest BCUT2D eigenvalue weighted by molar-refractivity contribution is 6.30. The van der Waals surface area contributed by atoms with Crippen LogP contribution < -0.4 is 4.74 Å². The fourth-order valence-electron chi connectivity index (χ4n) is 2.35. The molecular formula is C19H18ClN3O3. The van der Waals surface area contributed by atoms with Gasteiger partial charge in [0.15, 0.2) is 5.82 Å². The standard InChI is InChI=1S/C19H18ClN3O3/c1-2-25-11-12-26-19-21-17(15-9-6-10-16(20)13-15)23(22-19)18(24)14-7-4-3-5-8-14/h3-10,13H,2,11-12H2,1H3. The molecule has 0 bridgehead atoms. The lowest BCUT2D eigenvalue weighted by atomic mass is 10.2. The lowest BCUT2D eigenvalue weighted by Gasteiger charge is -2.04. The third-order valence-electron chi connectivity index (χ3n) is 3.55. The Hall–Kier alpha value is -2.70. The molecule has 0 spiro atoms. The maximum absolute atomic E-state index is 12.9. The number of hydrogen-bond donors (Lipinski definition) is 0. The molecule has 3 rings (SSSR count). The number of aromatic nitrogens is 3. The van der Waals surface area contributed by atoms with Crippen molar-refractivity contribution in [1.82, 2.24) is 14.8 Å². The summed E-state index contributed by atoms with van der Waals surface area (Å²) in [5.41, 5.74) is 1.18. The molecule has 6 nitrogen and oxygen atoms in total. The summed E-state index contributed by atoms with van der Waals surface area (Å²) in [5, 5.41) is 4.77. The van der Waals surface area contributed by atoms with Crippen molar-refractivity contribution >= 4 is 17.5 Å². The van der Waals surface area contributed by atoms with Crippen LogP contribution in [-0.4, -0.2) is 40.5 Å². The van der Waals surface area contributed by atoms with Crippen LogP contribution in [0.15, 0.2) is 54.6 Å². The van der Waals surface area contributed by atoms with E-state index in [1.807, 2.05) is 19.1 Å². The average Bonchev–Trinajstić information content (AvgIpc) is 3.09. The first-order chi connectivity index (χ1) is 12.7. The van der Waals surface area contributed by atoms with Crippen molar-refractivity contribution in [2.75, 3.05) is 19.8 Å². The molecule has 1 aromatic heterocycles. The number of carbonyl (C=O) groups excluding carboxylic acids is 1. The number of ether oxygens (including phenoxy) is 2. The minimum absolute atomic E-state index is 0.115. The molecule has 1 heterocycles. The van der Waals surface area contributed by atoms with E-state index in [9.17, 15) is 4.79 Å². The van der Waals surface area contributed by atoms with Gasteiger partial charge in [0.25, 0.3) is 5.91 Å². The van der Waals surface area contributed by atoms with Crippen LogP contribution in [0.3, 0.4) is 0 Å². The van der Waals surface area contributed by atoms with Gasteiger partial charge >= 0.3 is 6.01 Å². The van der Waals surface area contributed by atoms with E-state index in [4.69, 9.17) is 21.1 Å². The maximum Gasteiger partial charge on any atom is 0.336 e. The molecule has 3 aromatic rings. The highest BCUT2D eigenvalue weighted by Crippen LogP contribution is 2.24. The Kier molecular flexibility index (Phi) is 5.99. The van der Waals surface area contributed by atoms with E-state index in [0.29, 0.717) is 41.8 Å². The Balaban J connectivity index is 1.95. The van der Waals surface area contributed by atoms with E-state index in [1.54, 1.807) is 42.5 Å². The molecular weight excluding hydrogens is 354 g/mol. The minimum Gasteiger partial charge on any atom is -0.460 e. The third-order valence-corrected chi connectivity index (χ3v) is 3.78. The molecule has 26 heavy (non-hydrogen) atoms. The smallest absolute Gasteiger partial charge is 0.336 e. The molecule has 2 aromatic carbocycles. The van der Waals surface area contributed by atoms with Crippen molar-refractivity contribution in [1.29, 1.82) is 0 Å². The lowest BCUT2D eigenvalue weighted by Crippen LogP contribution is -2.15. The van der Waals surface area contributed by atoms with Crippen molar-refractivity contribution in [3.63, 3.8) is 0 Å². The Bertz CT molecular complexity index is 881. The molecule has 0 saturated heterocycles. The Morgan fingerprint density at radius 1 is 1.12 bits per heavy atom. The van der Waals surface area contributed by atoms with Crippen molar-refractivity contribution in [2.45, 2.75) is 6.92 Å². The summed E-state index contributed by atoms with van der Waals surface area (Å²) >= 11 is 6.08. The van der Waals surface area contributed by atoms with Gasteiger partial charge in [0.2, 0.25) is 0 Å². The first-order valence-corrected chi connectivity index (χ1v) is 8.60. The molecule has 0 unspecified atom stereocenters. The van der Waals surface area contributed by atoms with E-state index >= 15 is 0 Å². The number of benzene rings is 2. The number of halogens is 1. The predicted molar refractivity (Wildman–Crippen MR) is 98.6 cm³/mol. The van der Waals surface area contributed by atoms with Gasteiger partial charge in [-0.25, -0.2) is 0 Å². The van der Waals surface area contributed by atoms with Crippen LogP contribution in [0, 0.1) is 0 Å². The van der Waals surface area contributed by atoms with Crippen LogP contribution in [0.2, 0.25) is 5.02 Å². The van der Waals surface area contributed by atoms with Crippen LogP contribution >= 0.6 is 11.6 Å². The zero-order chi connectivity index (χ0) is 18.4. The Morgan fingerprint density at radius 2 is 1.92 bits per heavy atom. The molecule has 0 radical (unpaired) electrons. The van der Waals surface area contributed by atoms with Crippen LogP contribution in [0.5, 0.6) is 6.01 Å². The van der Waals surface area contributed by atoms with E-state index < -0.39 is 0 Å². The van der Waals surface area contributed by atoms with Crippen molar-refractivity contribution in [3.8, 4) is 17.4 Å². The number of hydrogen-bond acceptors (Lipinski definition) is 5. The molecule has 0 saturated carbocycles. The van der Waals surface area contributed by atoms with Gasteiger partial charge in [0.05, 0.1) is 6.61 Å². The molecule has 0 aliphatic heterocycles. The van der Waals surface area contributed by atoms with Crippen molar-refractivity contribution < 1.29 is 14.3 Å². The second kappa shape index (κ2) is 8.60.